The fourth-order valence-corrected chi connectivity index (χ4v) is 3.22. The van der Waals surface area contributed by atoms with Crippen molar-refractivity contribution in [3.8, 4) is 0 Å². The maximum atomic E-state index is 11.9. The topological polar surface area (TPSA) is 29.1 Å². The number of carbonyl (C=O) groups excluding carboxylic acids is 1. The summed E-state index contributed by atoms with van der Waals surface area (Å²) in [7, 11) is 0. The number of amides is 1. The van der Waals surface area contributed by atoms with Gasteiger partial charge in [-0.25, -0.2) is 0 Å². The van der Waals surface area contributed by atoms with E-state index < -0.39 is 0 Å². The maximum absolute atomic E-state index is 11.9. The predicted octanol–water partition coefficient (Wildman–Crippen LogP) is 4.86. The lowest BCUT2D eigenvalue weighted by Crippen LogP contribution is -2.26. The summed E-state index contributed by atoms with van der Waals surface area (Å²) < 4.78 is 0. The van der Waals surface area contributed by atoms with Crippen molar-refractivity contribution in [3.63, 3.8) is 0 Å². The van der Waals surface area contributed by atoms with Crippen molar-refractivity contribution >= 4 is 40.4 Å². The molecule has 1 heterocycles. The molecular weight excluding hydrogens is 313 g/mol. The minimum absolute atomic E-state index is 0.0249. The smallest absolute Gasteiger partial charge is 0.220 e. The summed E-state index contributed by atoms with van der Waals surface area (Å²) >= 11 is 13.7. The van der Waals surface area contributed by atoms with Crippen LogP contribution in [-0.4, -0.2) is 5.91 Å². The zero-order valence-corrected chi connectivity index (χ0v) is 13.4. The van der Waals surface area contributed by atoms with Gasteiger partial charge in [-0.2, -0.15) is 0 Å². The van der Waals surface area contributed by atoms with Crippen molar-refractivity contribution in [2.24, 2.45) is 0 Å². The van der Waals surface area contributed by atoms with Crippen molar-refractivity contribution in [2.45, 2.75) is 25.8 Å². The molecule has 1 N–H and O–H groups in total. The Bertz CT molecular complexity index is 584. The number of aryl methyl sites for hydroxylation is 1. The molecule has 0 aliphatic carbocycles. The van der Waals surface area contributed by atoms with E-state index in [1.54, 1.807) is 23.5 Å². The molecule has 20 heavy (non-hydrogen) atoms. The van der Waals surface area contributed by atoms with Crippen LogP contribution in [0.1, 0.15) is 29.8 Å². The molecule has 1 aromatic heterocycles. The molecule has 0 radical (unpaired) electrons. The van der Waals surface area contributed by atoms with Gasteiger partial charge in [0.25, 0.3) is 0 Å². The van der Waals surface area contributed by atoms with Gasteiger partial charge in [0, 0.05) is 21.3 Å². The van der Waals surface area contributed by atoms with E-state index in [0.29, 0.717) is 16.5 Å². The summed E-state index contributed by atoms with van der Waals surface area (Å²) in [5, 5.41) is 6.14. The molecule has 0 bridgehead atoms. The SMILES string of the molecule is C[C@@H](NC(=O)CCc1cccs1)c1ccc(Cl)cc1Cl. The normalized spacial score (nSPS) is 12.2. The molecule has 0 aliphatic rings. The number of rotatable bonds is 5. The minimum Gasteiger partial charge on any atom is -0.350 e. The third-order valence-electron chi connectivity index (χ3n) is 2.99. The fourth-order valence-electron chi connectivity index (χ4n) is 1.94. The van der Waals surface area contributed by atoms with E-state index in [1.807, 2.05) is 30.5 Å². The Balaban J connectivity index is 1.90. The first-order valence-corrected chi connectivity index (χ1v) is 7.96. The van der Waals surface area contributed by atoms with Gasteiger partial charge in [-0.15, -0.1) is 11.3 Å². The fraction of sp³-hybridized carbons (Fsp3) is 0.267. The third kappa shape index (κ3) is 4.23. The van der Waals surface area contributed by atoms with Crippen LogP contribution in [0.25, 0.3) is 0 Å². The summed E-state index contributed by atoms with van der Waals surface area (Å²) in [6.07, 6.45) is 1.25. The Hall–Kier alpha value is -1.03. The summed E-state index contributed by atoms with van der Waals surface area (Å²) in [5.41, 5.74) is 0.876. The quantitative estimate of drug-likeness (QED) is 0.834. The highest BCUT2D eigenvalue weighted by atomic mass is 35.5. The first-order chi connectivity index (χ1) is 9.56. The lowest BCUT2D eigenvalue weighted by molar-refractivity contribution is -0.121. The van der Waals surface area contributed by atoms with Crippen LogP contribution in [0.4, 0.5) is 0 Å². The van der Waals surface area contributed by atoms with Crippen LogP contribution >= 0.6 is 34.5 Å². The summed E-state index contributed by atoms with van der Waals surface area (Å²) in [4.78, 5) is 13.1. The van der Waals surface area contributed by atoms with Gasteiger partial charge in [0.1, 0.15) is 0 Å². The molecule has 2 aromatic rings. The van der Waals surface area contributed by atoms with Crippen LogP contribution in [0.2, 0.25) is 10.0 Å². The number of carbonyl (C=O) groups is 1. The monoisotopic (exact) mass is 327 g/mol. The molecule has 0 aliphatic heterocycles. The number of halogens is 2. The molecule has 2 nitrogen and oxygen atoms in total. The van der Waals surface area contributed by atoms with Crippen LogP contribution in [0.3, 0.4) is 0 Å². The Morgan fingerprint density at radius 3 is 2.80 bits per heavy atom. The van der Waals surface area contributed by atoms with Gasteiger partial charge in [0.05, 0.1) is 6.04 Å². The molecule has 0 saturated heterocycles. The summed E-state index contributed by atoms with van der Waals surface area (Å²) in [5.74, 6) is 0.0249. The number of thiophene rings is 1. The molecule has 1 aromatic carbocycles. The lowest BCUT2D eigenvalue weighted by atomic mass is 10.1. The first kappa shape index (κ1) is 15.4. The van der Waals surface area contributed by atoms with Gasteiger partial charge >= 0.3 is 0 Å². The van der Waals surface area contributed by atoms with Crippen LogP contribution in [0.5, 0.6) is 0 Å². The molecule has 5 heteroatoms. The average molecular weight is 328 g/mol. The zero-order valence-electron chi connectivity index (χ0n) is 11.0. The summed E-state index contributed by atoms with van der Waals surface area (Å²) in [6.45, 7) is 1.91. The highest BCUT2D eigenvalue weighted by molar-refractivity contribution is 7.09. The molecule has 0 fully saturated rings. The molecule has 106 valence electrons. The number of benzene rings is 1. The van der Waals surface area contributed by atoms with Crippen LogP contribution in [0, 0.1) is 0 Å². The van der Waals surface area contributed by atoms with Crippen molar-refractivity contribution in [3.05, 3.63) is 56.2 Å². The van der Waals surface area contributed by atoms with Gasteiger partial charge in [-0.3, -0.25) is 4.79 Å². The minimum atomic E-state index is -0.129. The van der Waals surface area contributed by atoms with Gasteiger partial charge < -0.3 is 5.32 Å². The Morgan fingerprint density at radius 2 is 2.15 bits per heavy atom. The van der Waals surface area contributed by atoms with E-state index in [0.717, 1.165) is 12.0 Å². The second-order valence-electron chi connectivity index (χ2n) is 4.53. The van der Waals surface area contributed by atoms with E-state index >= 15 is 0 Å². The van der Waals surface area contributed by atoms with Gasteiger partial charge in [0.15, 0.2) is 0 Å². The largest absolute Gasteiger partial charge is 0.350 e. The van der Waals surface area contributed by atoms with Crippen molar-refractivity contribution in [1.82, 2.24) is 5.32 Å². The lowest BCUT2D eigenvalue weighted by Gasteiger charge is -2.15. The molecule has 0 spiro atoms. The Kier molecular flexibility index (Phi) is 5.46. The van der Waals surface area contributed by atoms with Crippen molar-refractivity contribution in [1.29, 1.82) is 0 Å². The van der Waals surface area contributed by atoms with Crippen LogP contribution in [0.15, 0.2) is 35.7 Å². The highest BCUT2D eigenvalue weighted by Crippen LogP contribution is 2.26. The van der Waals surface area contributed by atoms with Gasteiger partial charge in [-0.05, 0) is 42.5 Å². The van der Waals surface area contributed by atoms with Crippen LogP contribution in [-0.2, 0) is 11.2 Å². The van der Waals surface area contributed by atoms with Gasteiger partial charge in [-0.1, -0.05) is 35.3 Å². The third-order valence-corrected chi connectivity index (χ3v) is 4.48. The van der Waals surface area contributed by atoms with Crippen molar-refractivity contribution < 1.29 is 4.79 Å². The number of hydrogen-bond donors (Lipinski definition) is 1. The molecule has 1 atom stereocenters. The second kappa shape index (κ2) is 7.11. The summed E-state index contributed by atoms with van der Waals surface area (Å²) in [6, 6.07) is 9.21. The Morgan fingerprint density at radius 1 is 1.35 bits per heavy atom. The Labute approximate surface area is 132 Å². The number of hydrogen-bond acceptors (Lipinski definition) is 2. The van der Waals surface area contributed by atoms with E-state index in [2.05, 4.69) is 5.32 Å². The van der Waals surface area contributed by atoms with E-state index in [-0.39, 0.29) is 11.9 Å². The number of nitrogens with one attached hydrogen (secondary N) is 1. The highest BCUT2D eigenvalue weighted by Gasteiger charge is 2.13. The molecule has 1 amide bonds. The van der Waals surface area contributed by atoms with E-state index in [1.165, 1.54) is 4.88 Å². The predicted molar refractivity (Wildman–Crippen MR) is 85.7 cm³/mol. The van der Waals surface area contributed by atoms with Crippen LogP contribution < -0.4 is 5.32 Å². The standard InChI is InChI=1S/C15H15Cl2NOS/c1-10(13-6-4-11(16)9-14(13)17)18-15(19)7-5-12-3-2-8-20-12/h2-4,6,8-10H,5,7H2,1H3,(H,18,19)/t10-/m1/s1. The molecule has 0 saturated carbocycles. The molecular formula is C15H15Cl2NOS. The zero-order chi connectivity index (χ0) is 14.5. The van der Waals surface area contributed by atoms with E-state index in [9.17, 15) is 4.79 Å². The maximum Gasteiger partial charge on any atom is 0.220 e. The second-order valence-corrected chi connectivity index (χ2v) is 6.41. The molecule has 2 rings (SSSR count). The molecule has 0 unspecified atom stereocenters. The van der Waals surface area contributed by atoms with Gasteiger partial charge in [0.2, 0.25) is 5.91 Å². The van der Waals surface area contributed by atoms with Crippen molar-refractivity contribution in [2.75, 3.05) is 0 Å². The van der Waals surface area contributed by atoms with E-state index in [4.69, 9.17) is 23.2 Å². The average Bonchev–Trinajstić information content (AvgIpc) is 2.89. The first-order valence-electron chi connectivity index (χ1n) is 6.33.